The SMILES string of the molecule is CC(C)N(CCCl)C(=O)c1cc(O)ccc1Cl. The zero-order valence-electron chi connectivity index (χ0n) is 9.78. The van der Waals surface area contributed by atoms with Gasteiger partial charge in [-0.2, -0.15) is 0 Å². The summed E-state index contributed by atoms with van der Waals surface area (Å²) in [6.45, 7) is 4.26. The summed E-state index contributed by atoms with van der Waals surface area (Å²) in [6, 6.07) is 4.34. The second-order valence-corrected chi connectivity index (χ2v) is 4.73. The van der Waals surface area contributed by atoms with Gasteiger partial charge in [-0.3, -0.25) is 4.79 Å². The molecule has 0 fully saturated rings. The molecule has 0 saturated carbocycles. The van der Waals surface area contributed by atoms with Gasteiger partial charge in [-0.05, 0) is 32.0 Å². The highest BCUT2D eigenvalue weighted by Crippen LogP contribution is 2.23. The molecule has 0 aliphatic carbocycles. The van der Waals surface area contributed by atoms with Gasteiger partial charge in [0.1, 0.15) is 5.75 Å². The van der Waals surface area contributed by atoms with Crippen LogP contribution in [0.15, 0.2) is 18.2 Å². The first-order valence-corrected chi connectivity index (χ1v) is 6.24. The Hall–Kier alpha value is -0.930. The second-order valence-electron chi connectivity index (χ2n) is 3.95. The van der Waals surface area contributed by atoms with Crippen LogP contribution in [-0.2, 0) is 0 Å². The van der Waals surface area contributed by atoms with Crippen molar-refractivity contribution in [1.82, 2.24) is 4.90 Å². The van der Waals surface area contributed by atoms with E-state index in [9.17, 15) is 9.90 Å². The number of halogens is 2. The quantitative estimate of drug-likeness (QED) is 0.858. The molecule has 1 aromatic rings. The van der Waals surface area contributed by atoms with Gasteiger partial charge in [0, 0.05) is 18.5 Å². The van der Waals surface area contributed by atoms with Crippen molar-refractivity contribution >= 4 is 29.1 Å². The normalized spacial score (nSPS) is 10.6. The minimum absolute atomic E-state index is 0.0207. The van der Waals surface area contributed by atoms with Crippen molar-refractivity contribution in [2.75, 3.05) is 12.4 Å². The lowest BCUT2D eigenvalue weighted by Crippen LogP contribution is -2.38. The van der Waals surface area contributed by atoms with Crippen LogP contribution >= 0.6 is 23.2 Å². The number of hydrogen-bond acceptors (Lipinski definition) is 2. The van der Waals surface area contributed by atoms with Gasteiger partial charge in [-0.15, -0.1) is 11.6 Å². The summed E-state index contributed by atoms with van der Waals surface area (Å²) in [4.78, 5) is 13.8. The fraction of sp³-hybridized carbons (Fsp3) is 0.417. The summed E-state index contributed by atoms with van der Waals surface area (Å²) < 4.78 is 0. The molecule has 3 nitrogen and oxygen atoms in total. The monoisotopic (exact) mass is 275 g/mol. The molecule has 17 heavy (non-hydrogen) atoms. The van der Waals surface area contributed by atoms with Gasteiger partial charge in [0.15, 0.2) is 0 Å². The second kappa shape index (κ2) is 6.12. The van der Waals surface area contributed by atoms with Crippen molar-refractivity contribution < 1.29 is 9.90 Å². The molecule has 5 heteroatoms. The Bertz CT molecular complexity index is 407. The Kier molecular flexibility index (Phi) is 5.09. The maximum atomic E-state index is 12.2. The highest BCUT2D eigenvalue weighted by molar-refractivity contribution is 6.33. The Morgan fingerprint density at radius 2 is 2.12 bits per heavy atom. The summed E-state index contributed by atoms with van der Waals surface area (Å²) in [7, 11) is 0. The van der Waals surface area contributed by atoms with Crippen molar-refractivity contribution in [2.45, 2.75) is 19.9 Å². The maximum absolute atomic E-state index is 12.2. The standard InChI is InChI=1S/C12H15Cl2NO2/c1-8(2)15(6-5-13)12(17)10-7-9(16)3-4-11(10)14/h3-4,7-8,16H,5-6H2,1-2H3. The largest absolute Gasteiger partial charge is 0.508 e. The van der Waals surface area contributed by atoms with Crippen LogP contribution in [-0.4, -0.2) is 34.4 Å². The molecule has 0 heterocycles. The minimum atomic E-state index is -0.221. The lowest BCUT2D eigenvalue weighted by molar-refractivity contribution is 0.0718. The van der Waals surface area contributed by atoms with E-state index in [2.05, 4.69) is 0 Å². The third-order valence-electron chi connectivity index (χ3n) is 2.39. The van der Waals surface area contributed by atoms with E-state index in [0.29, 0.717) is 23.0 Å². The lowest BCUT2D eigenvalue weighted by atomic mass is 10.1. The molecule has 0 atom stereocenters. The van der Waals surface area contributed by atoms with E-state index in [0.717, 1.165) is 0 Å². The molecular weight excluding hydrogens is 261 g/mol. The number of phenols is 1. The molecule has 0 unspecified atom stereocenters. The van der Waals surface area contributed by atoms with Gasteiger partial charge in [0.2, 0.25) is 0 Å². The highest BCUT2D eigenvalue weighted by atomic mass is 35.5. The number of amides is 1. The number of benzene rings is 1. The zero-order chi connectivity index (χ0) is 13.0. The topological polar surface area (TPSA) is 40.5 Å². The van der Waals surface area contributed by atoms with Crippen LogP contribution in [0.4, 0.5) is 0 Å². The van der Waals surface area contributed by atoms with Crippen LogP contribution in [0.3, 0.4) is 0 Å². The van der Waals surface area contributed by atoms with Gasteiger partial charge in [-0.25, -0.2) is 0 Å². The molecule has 0 spiro atoms. The number of alkyl halides is 1. The molecule has 1 N–H and O–H groups in total. The van der Waals surface area contributed by atoms with E-state index >= 15 is 0 Å². The Morgan fingerprint density at radius 1 is 1.47 bits per heavy atom. The highest BCUT2D eigenvalue weighted by Gasteiger charge is 2.20. The predicted octanol–water partition coefficient (Wildman–Crippen LogP) is 3.14. The number of rotatable bonds is 4. The number of aromatic hydroxyl groups is 1. The first kappa shape index (κ1) is 14.1. The zero-order valence-corrected chi connectivity index (χ0v) is 11.3. The maximum Gasteiger partial charge on any atom is 0.255 e. The van der Waals surface area contributed by atoms with Crippen LogP contribution in [0, 0.1) is 0 Å². The van der Waals surface area contributed by atoms with Crippen molar-refractivity contribution in [3.8, 4) is 5.75 Å². The van der Waals surface area contributed by atoms with Crippen LogP contribution in [0.5, 0.6) is 5.75 Å². The summed E-state index contributed by atoms with van der Waals surface area (Å²) in [5.41, 5.74) is 0.297. The first-order chi connectivity index (χ1) is 7.97. The van der Waals surface area contributed by atoms with Gasteiger partial charge >= 0.3 is 0 Å². The summed E-state index contributed by atoms with van der Waals surface area (Å²) >= 11 is 11.6. The van der Waals surface area contributed by atoms with E-state index in [-0.39, 0.29) is 17.7 Å². The third kappa shape index (κ3) is 3.51. The third-order valence-corrected chi connectivity index (χ3v) is 2.89. The van der Waals surface area contributed by atoms with E-state index in [1.165, 1.54) is 18.2 Å². The van der Waals surface area contributed by atoms with Gasteiger partial charge in [0.25, 0.3) is 5.91 Å². The fourth-order valence-electron chi connectivity index (χ4n) is 1.52. The van der Waals surface area contributed by atoms with Crippen LogP contribution in [0.1, 0.15) is 24.2 Å². The average molecular weight is 276 g/mol. The molecule has 0 aliphatic rings. The summed E-state index contributed by atoms with van der Waals surface area (Å²) in [6.07, 6.45) is 0. The number of hydrogen-bond donors (Lipinski definition) is 1. The molecule has 94 valence electrons. The van der Waals surface area contributed by atoms with E-state index in [1.54, 1.807) is 4.90 Å². The van der Waals surface area contributed by atoms with Gasteiger partial charge in [0.05, 0.1) is 10.6 Å². The van der Waals surface area contributed by atoms with Crippen LogP contribution in [0.2, 0.25) is 5.02 Å². The van der Waals surface area contributed by atoms with Crippen molar-refractivity contribution in [3.05, 3.63) is 28.8 Å². The molecule has 0 aliphatic heterocycles. The molecule has 0 bridgehead atoms. The smallest absolute Gasteiger partial charge is 0.255 e. The molecular formula is C12H15Cl2NO2. The number of phenolic OH excluding ortho intramolecular Hbond substituents is 1. The molecule has 1 aromatic carbocycles. The van der Waals surface area contributed by atoms with E-state index < -0.39 is 0 Å². The molecule has 0 saturated heterocycles. The van der Waals surface area contributed by atoms with Crippen LogP contribution in [0.25, 0.3) is 0 Å². The number of nitrogens with zero attached hydrogens (tertiary/aromatic N) is 1. The summed E-state index contributed by atoms with van der Waals surface area (Å²) in [5, 5.41) is 9.71. The van der Waals surface area contributed by atoms with Gasteiger partial charge < -0.3 is 10.0 Å². The number of carbonyl (C=O) groups excluding carboxylic acids is 1. The Balaban J connectivity index is 3.04. The van der Waals surface area contributed by atoms with Crippen LogP contribution < -0.4 is 0 Å². The average Bonchev–Trinajstić information content (AvgIpc) is 2.28. The molecule has 0 radical (unpaired) electrons. The minimum Gasteiger partial charge on any atom is -0.508 e. The fourth-order valence-corrected chi connectivity index (χ4v) is 1.90. The predicted molar refractivity (Wildman–Crippen MR) is 70.0 cm³/mol. The van der Waals surface area contributed by atoms with Gasteiger partial charge in [-0.1, -0.05) is 11.6 Å². The molecule has 1 amide bonds. The Labute approximate surface area is 111 Å². The van der Waals surface area contributed by atoms with E-state index in [4.69, 9.17) is 23.2 Å². The lowest BCUT2D eigenvalue weighted by Gasteiger charge is -2.26. The Morgan fingerprint density at radius 3 is 2.65 bits per heavy atom. The van der Waals surface area contributed by atoms with E-state index in [1.807, 2.05) is 13.8 Å². The van der Waals surface area contributed by atoms with Crippen molar-refractivity contribution in [2.24, 2.45) is 0 Å². The van der Waals surface area contributed by atoms with Crippen molar-refractivity contribution in [3.63, 3.8) is 0 Å². The molecule has 1 rings (SSSR count). The van der Waals surface area contributed by atoms with Crippen molar-refractivity contribution in [1.29, 1.82) is 0 Å². The summed E-state index contributed by atoms with van der Waals surface area (Å²) in [5.74, 6) is 0.161. The number of carbonyl (C=O) groups is 1. The molecule has 0 aromatic heterocycles. The first-order valence-electron chi connectivity index (χ1n) is 5.32.